The van der Waals surface area contributed by atoms with Gasteiger partial charge in [-0.2, -0.15) is 0 Å². The summed E-state index contributed by atoms with van der Waals surface area (Å²) in [5, 5.41) is 34.1. The molecule has 0 aliphatic heterocycles. The quantitative estimate of drug-likeness (QED) is 0.440. The van der Waals surface area contributed by atoms with Crippen molar-refractivity contribution in [3.05, 3.63) is 12.7 Å². The first-order chi connectivity index (χ1) is 13.5. The minimum Gasteiger partial charge on any atom is -0.457 e. The normalized spacial score (nSPS) is 42.5. The topological polar surface area (TPSA) is 113 Å². The zero-order chi connectivity index (χ0) is 23.3. The van der Waals surface area contributed by atoms with Gasteiger partial charge in [0.25, 0.3) is 0 Å². The van der Waals surface area contributed by atoms with E-state index in [1.54, 1.807) is 20.8 Å². The molecule has 30 heavy (non-hydrogen) atoms. The van der Waals surface area contributed by atoms with E-state index in [4.69, 9.17) is 9.47 Å². The fraction of sp³-hybridized carbons (Fsp3) is 0.826. The van der Waals surface area contributed by atoms with E-state index in [0.717, 1.165) is 0 Å². The van der Waals surface area contributed by atoms with Crippen molar-refractivity contribution in [2.24, 2.45) is 16.7 Å². The smallest absolute Gasteiger partial charge is 0.303 e. The zero-order valence-corrected chi connectivity index (χ0v) is 19.3. The first-order valence-electron chi connectivity index (χ1n) is 10.6. The Bertz CT molecular complexity index is 704. The summed E-state index contributed by atoms with van der Waals surface area (Å²) < 4.78 is 11.8. The summed E-state index contributed by atoms with van der Waals surface area (Å²) in [4.78, 5) is 23.8. The number of ketones is 1. The van der Waals surface area contributed by atoms with Gasteiger partial charge in [0.2, 0.25) is 0 Å². The molecule has 0 amide bonds. The van der Waals surface area contributed by atoms with Crippen LogP contribution in [0.25, 0.3) is 0 Å². The number of rotatable bonds is 6. The van der Waals surface area contributed by atoms with E-state index in [9.17, 15) is 24.9 Å². The average Bonchev–Trinajstić information content (AvgIpc) is 2.60. The van der Waals surface area contributed by atoms with Crippen LogP contribution in [0.3, 0.4) is 0 Å². The second kappa shape index (κ2) is 8.01. The van der Waals surface area contributed by atoms with Crippen LogP contribution in [0.4, 0.5) is 0 Å². The molecule has 0 aromatic rings. The van der Waals surface area contributed by atoms with Gasteiger partial charge in [0.1, 0.15) is 11.4 Å². The van der Waals surface area contributed by atoms with Crippen LogP contribution in [0.15, 0.2) is 12.7 Å². The largest absolute Gasteiger partial charge is 0.457 e. The summed E-state index contributed by atoms with van der Waals surface area (Å²) in [7, 11) is 0. The first kappa shape index (κ1) is 25.0. The second-order valence-electron chi connectivity index (χ2n) is 10.5. The molecule has 7 nitrogen and oxygen atoms in total. The van der Waals surface area contributed by atoms with Crippen LogP contribution in [0, 0.1) is 16.7 Å². The van der Waals surface area contributed by atoms with E-state index in [2.05, 4.69) is 6.58 Å². The fourth-order valence-electron chi connectivity index (χ4n) is 6.12. The highest BCUT2D eigenvalue weighted by Gasteiger charge is 2.70. The van der Waals surface area contributed by atoms with Crippen molar-refractivity contribution in [1.82, 2.24) is 0 Å². The molecule has 3 N–H and O–H groups in total. The first-order valence-corrected chi connectivity index (χ1v) is 10.6. The Kier molecular flexibility index (Phi) is 6.67. The van der Waals surface area contributed by atoms with Crippen molar-refractivity contribution in [1.29, 1.82) is 0 Å². The molecule has 0 unspecified atom stereocenters. The van der Waals surface area contributed by atoms with Gasteiger partial charge in [0, 0.05) is 24.7 Å². The van der Waals surface area contributed by atoms with E-state index >= 15 is 0 Å². The lowest BCUT2D eigenvalue weighted by Gasteiger charge is -2.65. The van der Waals surface area contributed by atoms with Gasteiger partial charge in [-0.1, -0.05) is 26.8 Å². The van der Waals surface area contributed by atoms with Crippen LogP contribution >= 0.6 is 0 Å². The Morgan fingerprint density at radius 3 is 2.20 bits per heavy atom. The molecular weight excluding hydrogens is 388 g/mol. The van der Waals surface area contributed by atoms with Crippen LogP contribution in [0.5, 0.6) is 0 Å². The lowest BCUT2D eigenvalue weighted by Crippen LogP contribution is -2.77. The molecule has 172 valence electrons. The number of aliphatic hydroxyl groups excluding tert-OH is 3. The van der Waals surface area contributed by atoms with E-state index in [1.165, 1.54) is 19.9 Å². The van der Waals surface area contributed by atoms with E-state index in [-0.39, 0.29) is 12.2 Å². The molecule has 0 heterocycles. The van der Waals surface area contributed by atoms with Crippen LogP contribution in [-0.2, 0) is 19.1 Å². The van der Waals surface area contributed by atoms with Crippen LogP contribution < -0.4 is 0 Å². The molecule has 2 fully saturated rings. The Hall–Kier alpha value is -1.28. The molecule has 2 rings (SSSR count). The second-order valence-corrected chi connectivity index (χ2v) is 10.5. The van der Waals surface area contributed by atoms with Crippen molar-refractivity contribution in [3.63, 3.8) is 0 Å². The minimum atomic E-state index is -1.59. The molecule has 0 aromatic carbocycles. The molecule has 0 bridgehead atoms. The molecular formula is C23H38O7. The van der Waals surface area contributed by atoms with Crippen molar-refractivity contribution < 1.29 is 34.4 Å². The van der Waals surface area contributed by atoms with Gasteiger partial charge in [-0.25, -0.2) is 0 Å². The summed E-state index contributed by atoms with van der Waals surface area (Å²) in [6, 6.07) is 0. The maximum atomic E-state index is 11.9. The van der Waals surface area contributed by atoms with Gasteiger partial charge in [-0.3, -0.25) is 9.59 Å². The third-order valence-corrected chi connectivity index (χ3v) is 7.42. The summed E-state index contributed by atoms with van der Waals surface area (Å²) >= 11 is 0. The van der Waals surface area contributed by atoms with E-state index in [0.29, 0.717) is 12.8 Å². The Labute approximate surface area is 179 Å². The Balaban J connectivity index is 2.65. The molecule has 0 aromatic heterocycles. The fourth-order valence-corrected chi connectivity index (χ4v) is 6.12. The van der Waals surface area contributed by atoms with Crippen molar-refractivity contribution in [2.75, 3.05) is 0 Å². The maximum absolute atomic E-state index is 11.9. The van der Waals surface area contributed by atoms with Crippen molar-refractivity contribution in [2.45, 2.75) is 103 Å². The third kappa shape index (κ3) is 3.97. The Morgan fingerprint density at radius 2 is 1.73 bits per heavy atom. The van der Waals surface area contributed by atoms with Gasteiger partial charge in [-0.05, 0) is 39.0 Å². The van der Waals surface area contributed by atoms with Gasteiger partial charge in [0.15, 0.2) is 6.10 Å². The van der Waals surface area contributed by atoms with E-state index in [1.807, 2.05) is 13.8 Å². The van der Waals surface area contributed by atoms with Gasteiger partial charge in [-0.15, -0.1) is 6.58 Å². The number of Topliss-reactive ketones (excluding diaryl/α,β-unsaturated/α-hetero) is 1. The predicted octanol–water partition coefficient (Wildman–Crippen LogP) is 2.16. The number of esters is 1. The van der Waals surface area contributed by atoms with Gasteiger partial charge < -0.3 is 24.8 Å². The molecule has 8 atom stereocenters. The molecule has 2 aliphatic carbocycles. The summed E-state index contributed by atoms with van der Waals surface area (Å²) in [5.41, 5.74) is -4.30. The highest BCUT2D eigenvalue weighted by molar-refractivity contribution is 5.77. The SMILES string of the molecule is C=C[C@@](C)(CC(C)=O)O[C@@]1(C)[C@@H](O)[C@@]2(C)[C@@H](O)CCC(C)(C)[C@@H]2[C@H](O)[C@@H]1OC(C)=O. The predicted molar refractivity (Wildman–Crippen MR) is 112 cm³/mol. The minimum absolute atomic E-state index is 0.00408. The maximum Gasteiger partial charge on any atom is 0.303 e. The van der Waals surface area contributed by atoms with Gasteiger partial charge in [0.05, 0.1) is 23.9 Å². The van der Waals surface area contributed by atoms with Crippen LogP contribution in [0.1, 0.15) is 67.7 Å². The highest BCUT2D eigenvalue weighted by Crippen LogP contribution is 2.61. The molecule has 0 spiro atoms. The van der Waals surface area contributed by atoms with E-state index < -0.39 is 58.3 Å². The average molecular weight is 427 g/mol. The molecule has 0 saturated heterocycles. The molecule has 2 aliphatic rings. The summed E-state index contributed by atoms with van der Waals surface area (Å²) in [6.07, 6.45) is -1.98. The monoisotopic (exact) mass is 426 g/mol. The van der Waals surface area contributed by atoms with Gasteiger partial charge >= 0.3 is 5.97 Å². The number of carbonyl (C=O) groups excluding carboxylic acids is 2. The number of hydrogen-bond acceptors (Lipinski definition) is 7. The molecule has 7 heteroatoms. The highest BCUT2D eigenvalue weighted by atomic mass is 16.6. The summed E-state index contributed by atoms with van der Waals surface area (Å²) in [6.45, 7) is 15.4. The molecule has 2 saturated carbocycles. The van der Waals surface area contributed by atoms with Crippen molar-refractivity contribution in [3.8, 4) is 0 Å². The number of hydrogen-bond donors (Lipinski definition) is 3. The number of carbonyl (C=O) groups is 2. The van der Waals surface area contributed by atoms with Crippen LogP contribution in [0.2, 0.25) is 0 Å². The standard InChI is InChI=1S/C23H38O7/c1-9-21(6,12-13(2)24)30-23(8)18(29-14(3)25)16(27)17-20(4,5)11-10-15(26)22(17,7)19(23)28/h9,15-19,26-28H,1,10-12H2,2-8H3/t15-,16-,17-,18-,19-,21-,22-,23+/m0/s1. The lowest BCUT2D eigenvalue weighted by atomic mass is 9.45. The summed E-state index contributed by atoms with van der Waals surface area (Å²) in [5.74, 6) is -1.31. The number of aliphatic hydroxyl groups is 3. The van der Waals surface area contributed by atoms with Crippen LogP contribution in [-0.4, -0.2) is 62.7 Å². The lowest BCUT2D eigenvalue weighted by molar-refractivity contribution is -0.332. The zero-order valence-electron chi connectivity index (χ0n) is 19.3. The number of fused-ring (bicyclic) bond motifs is 1. The number of ether oxygens (including phenoxy) is 2. The Morgan fingerprint density at radius 1 is 1.17 bits per heavy atom. The third-order valence-electron chi connectivity index (χ3n) is 7.42. The molecule has 0 radical (unpaired) electrons. The van der Waals surface area contributed by atoms with Crippen molar-refractivity contribution >= 4 is 11.8 Å².